The molecule has 1 nitrogen and oxygen atoms in total. The number of hydrogen-bond acceptors (Lipinski definition) is 1. The van der Waals surface area contributed by atoms with Crippen molar-refractivity contribution in [1.29, 1.82) is 0 Å². The van der Waals surface area contributed by atoms with Gasteiger partial charge < -0.3 is 4.90 Å². The highest BCUT2D eigenvalue weighted by atomic mass is 15.1. The summed E-state index contributed by atoms with van der Waals surface area (Å²) in [5.41, 5.74) is 8.59. The minimum absolute atomic E-state index is 0.974. The summed E-state index contributed by atoms with van der Waals surface area (Å²) in [6.07, 6.45) is 6.10. The molecule has 0 amide bonds. The molecule has 0 heterocycles. The second-order valence-corrected chi connectivity index (χ2v) is 7.20. The van der Waals surface area contributed by atoms with E-state index in [0.29, 0.717) is 0 Å². The average Bonchev–Trinajstić information content (AvgIpc) is 2.66. The van der Waals surface area contributed by atoms with Gasteiger partial charge in [0.1, 0.15) is 0 Å². The molecule has 3 aromatic rings. The summed E-state index contributed by atoms with van der Waals surface area (Å²) < 4.78 is 0. The maximum Gasteiger partial charge on any atom is 0.0410 e. The minimum atomic E-state index is 0.974. The molecule has 0 aliphatic heterocycles. The monoisotopic (exact) mass is 341 g/mol. The zero-order valence-corrected chi connectivity index (χ0v) is 15.6. The van der Waals surface area contributed by atoms with E-state index in [1.807, 2.05) is 0 Å². The number of nitrogens with zero attached hydrogens (tertiary/aromatic N) is 1. The van der Waals surface area contributed by atoms with E-state index in [2.05, 4.69) is 84.6 Å². The van der Waals surface area contributed by atoms with Crippen molar-refractivity contribution >= 4 is 11.4 Å². The van der Waals surface area contributed by atoms with E-state index in [9.17, 15) is 0 Å². The molecule has 4 rings (SSSR count). The van der Waals surface area contributed by atoms with Gasteiger partial charge in [0.2, 0.25) is 0 Å². The van der Waals surface area contributed by atoms with Crippen LogP contribution in [0.1, 0.15) is 35.6 Å². The summed E-state index contributed by atoms with van der Waals surface area (Å²) in [7, 11) is 0. The first-order valence-electron chi connectivity index (χ1n) is 9.85. The van der Waals surface area contributed by atoms with Crippen LogP contribution in [0.2, 0.25) is 0 Å². The first-order chi connectivity index (χ1) is 12.8. The molecule has 0 unspecified atom stereocenters. The zero-order chi connectivity index (χ0) is 17.8. The van der Waals surface area contributed by atoms with Crippen LogP contribution in [0, 0.1) is 0 Å². The maximum absolute atomic E-state index is 2.42. The second kappa shape index (κ2) is 7.78. The third kappa shape index (κ3) is 3.67. The third-order valence-electron chi connectivity index (χ3n) is 5.50. The summed E-state index contributed by atoms with van der Waals surface area (Å²) >= 11 is 0. The molecule has 0 saturated carbocycles. The van der Waals surface area contributed by atoms with Gasteiger partial charge in [-0.2, -0.15) is 0 Å². The molecular weight excluding hydrogens is 314 g/mol. The average molecular weight is 341 g/mol. The first kappa shape index (κ1) is 16.9. The van der Waals surface area contributed by atoms with E-state index < -0.39 is 0 Å². The van der Waals surface area contributed by atoms with Crippen molar-refractivity contribution < 1.29 is 0 Å². The number of para-hydroxylation sites is 1. The normalized spacial score (nSPS) is 12.3. The van der Waals surface area contributed by atoms with Gasteiger partial charge in [0.15, 0.2) is 0 Å². The van der Waals surface area contributed by atoms with E-state index in [4.69, 9.17) is 0 Å². The Morgan fingerprint density at radius 1 is 0.692 bits per heavy atom. The molecule has 1 aliphatic rings. The Morgan fingerprint density at radius 3 is 2.00 bits per heavy atom. The van der Waals surface area contributed by atoms with Gasteiger partial charge in [0, 0.05) is 17.9 Å². The SMILES string of the molecule is CCN(c1ccccc1)c1ccc(CCCc2ccc3c(c2)CC3)cc1. The molecule has 0 aromatic heterocycles. The van der Waals surface area contributed by atoms with Gasteiger partial charge in [-0.1, -0.05) is 48.5 Å². The van der Waals surface area contributed by atoms with Gasteiger partial charge in [0.05, 0.1) is 0 Å². The Morgan fingerprint density at radius 2 is 1.35 bits per heavy atom. The lowest BCUT2D eigenvalue weighted by Gasteiger charge is -2.23. The zero-order valence-electron chi connectivity index (χ0n) is 15.6. The molecule has 1 aliphatic carbocycles. The van der Waals surface area contributed by atoms with E-state index in [1.54, 1.807) is 11.1 Å². The number of aryl methyl sites for hydroxylation is 4. The first-order valence-corrected chi connectivity index (χ1v) is 9.85. The molecule has 132 valence electrons. The van der Waals surface area contributed by atoms with Crippen LogP contribution in [-0.2, 0) is 25.7 Å². The smallest absolute Gasteiger partial charge is 0.0410 e. The molecule has 3 aromatic carbocycles. The number of anilines is 2. The quantitative estimate of drug-likeness (QED) is 0.500. The van der Waals surface area contributed by atoms with Crippen molar-refractivity contribution in [2.24, 2.45) is 0 Å². The van der Waals surface area contributed by atoms with Crippen LogP contribution in [0.4, 0.5) is 11.4 Å². The van der Waals surface area contributed by atoms with Gasteiger partial charge in [-0.25, -0.2) is 0 Å². The Bertz CT molecular complexity index is 849. The predicted molar refractivity (Wildman–Crippen MR) is 111 cm³/mol. The Kier molecular flexibility index (Phi) is 5.06. The summed E-state index contributed by atoms with van der Waals surface area (Å²) in [5.74, 6) is 0. The molecule has 0 fully saturated rings. The van der Waals surface area contributed by atoms with Crippen LogP contribution >= 0.6 is 0 Å². The van der Waals surface area contributed by atoms with Crippen LogP contribution in [0.15, 0.2) is 72.8 Å². The summed E-state index contributed by atoms with van der Waals surface area (Å²) in [6.45, 7) is 3.18. The van der Waals surface area contributed by atoms with Gasteiger partial charge in [0.25, 0.3) is 0 Å². The highest BCUT2D eigenvalue weighted by Gasteiger charge is 2.12. The standard InChI is InChI=1S/C25H27N/c1-2-26(24-9-4-3-5-10-24)25-17-12-20(13-18-25)7-6-8-21-11-14-22-15-16-23(22)19-21/h3-5,9-14,17-19H,2,6-8,15-16H2,1H3. The van der Waals surface area contributed by atoms with Crippen LogP contribution < -0.4 is 4.90 Å². The van der Waals surface area contributed by atoms with Crippen molar-refractivity contribution in [2.75, 3.05) is 11.4 Å². The maximum atomic E-state index is 2.42. The summed E-state index contributed by atoms with van der Waals surface area (Å²) in [6, 6.07) is 26.8. The molecule has 26 heavy (non-hydrogen) atoms. The van der Waals surface area contributed by atoms with Gasteiger partial charge >= 0.3 is 0 Å². The summed E-state index contributed by atoms with van der Waals surface area (Å²) in [5, 5.41) is 0. The highest BCUT2D eigenvalue weighted by molar-refractivity contribution is 5.63. The molecule has 0 saturated heterocycles. The molecule has 0 spiro atoms. The van der Waals surface area contributed by atoms with Crippen molar-refractivity contribution in [1.82, 2.24) is 0 Å². The molecule has 0 bridgehead atoms. The lowest BCUT2D eigenvalue weighted by Crippen LogP contribution is -2.15. The van der Waals surface area contributed by atoms with Gasteiger partial charge in [-0.3, -0.25) is 0 Å². The van der Waals surface area contributed by atoms with E-state index in [1.165, 1.54) is 48.2 Å². The predicted octanol–water partition coefficient (Wildman–Crippen LogP) is 6.12. The number of fused-ring (bicyclic) bond motifs is 1. The Labute approximate surface area is 157 Å². The van der Waals surface area contributed by atoms with Crippen LogP contribution in [-0.4, -0.2) is 6.54 Å². The summed E-state index contributed by atoms with van der Waals surface area (Å²) in [4.78, 5) is 2.35. The van der Waals surface area contributed by atoms with Crippen molar-refractivity contribution in [3.63, 3.8) is 0 Å². The van der Waals surface area contributed by atoms with Gasteiger partial charge in [-0.05, 0) is 85.5 Å². The highest BCUT2D eigenvalue weighted by Crippen LogP contribution is 2.26. The molecular formula is C25H27N. The number of benzene rings is 3. The van der Waals surface area contributed by atoms with E-state index >= 15 is 0 Å². The Balaban J connectivity index is 1.35. The topological polar surface area (TPSA) is 3.24 Å². The number of hydrogen-bond donors (Lipinski definition) is 0. The van der Waals surface area contributed by atoms with E-state index in [0.717, 1.165) is 13.0 Å². The Hall–Kier alpha value is -2.54. The second-order valence-electron chi connectivity index (χ2n) is 7.20. The van der Waals surface area contributed by atoms with Crippen LogP contribution in [0.25, 0.3) is 0 Å². The van der Waals surface area contributed by atoms with Crippen molar-refractivity contribution in [2.45, 2.75) is 39.0 Å². The minimum Gasteiger partial charge on any atom is -0.342 e. The molecule has 0 atom stereocenters. The largest absolute Gasteiger partial charge is 0.342 e. The lowest BCUT2D eigenvalue weighted by molar-refractivity contribution is 0.798. The fraction of sp³-hybridized carbons (Fsp3) is 0.280. The van der Waals surface area contributed by atoms with Crippen molar-refractivity contribution in [3.8, 4) is 0 Å². The van der Waals surface area contributed by atoms with Gasteiger partial charge in [-0.15, -0.1) is 0 Å². The third-order valence-corrected chi connectivity index (χ3v) is 5.50. The van der Waals surface area contributed by atoms with Crippen LogP contribution in [0.5, 0.6) is 0 Å². The lowest BCUT2D eigenvalue weighted by atomic mass is 9.86. The molecule has 0 radical (unpaired) electrons. The van der Waals surface area contributed by atoms with E-state index in [-0.39, 0.29) is 0 Å². The fourth-order valence-corrected chi connectivity index (χ4v) is 3.87. The van der Waals surface area contributed by atoms with Crippen molar-refractivity contribution in [3.05, 3.63) is 95.1 Å². The molecule has 1 heteroatoms. The fourth-order valence-electron chi connectivity index (χ4n) is 3.87. The van der Waals surface area contributed by atoms with Crippen LogP contribution in [0.3, 0.4) is 0 Å². The molecule has 0 N–H and O–H groups in total. The number of rotatable bonds is 7.